The molecule has 0 fully saturated rings. The van der Waals surface area contributed by atoms with Gasteiger partial charge in [0.15, 0.2) is 0 Å². The van der Waals surface area contributed by atoms with E-state index in [1.807, 2.05) is 65.6 Å². The van der Waals surface area contributed by atoms with Gasteiger partial charge in [-0.1, -0.05) is 60.7 Å². The molecule has 1 N–H and O–H groups in total. The molecule has 0 saturated carbocycles. The number of nitrogens with one attached hydrogen (secondary N) is 1. The van der Waals surface area contributed by atoms with Crippen molar-refractivity contribution in [2.45, 2.75) is 19.5 Å². The van der Waals surface area contributed by atoms with E-state index in [0.717, 1.165) is 11.1 Å². The molecule has 0 radical (unpaired) electrons. The summed E-state index contributed by atoms with van der Waals surface area (Å²) in [4.78, 5) is 21.9. The maximum atomic E-state index is 12.0. The van der Waals surface area contributed by atoms with Gasteiger partial charge in [-0.25, -0.2) is 9.97 Å². The van der Waals surface area contributed by atoms with Crippen LogP contribution in [-0.2, 0) is 17.8 Å². The van der Waals surface area contributed by atoms with Crippen molar-refractivity contribution in [3.63, 3.8) is 0 Å². The fourth-order valence-corrected chi connectivity index (χ4v) is 3.13. The van der Waals surface area contributed by atoms with Gasteiger partial charge in [-0.15, -0.1) is 0 Å². The lowest BCUT2D eigenvalue weighted by molar-refractivity contribution is -0.383. The number of ether oxygens (including phenoxy) is 1. The first kappa shape index (κ1) is 21.2. The molecular weight excluding hydrogens is 382 g/mol. The molecule has 0 aliphatic rings. The third kappa shape index (κ3) is 5.74. The topological polar surface area (TPSA) is 93.4 Å². The first-order valence-corrected chi connectivity index (χ1v) is 9.74. The first-order chi connectivity index (χ1) is 14.7. The fraction of sp³-hybridized carbons (Fsp3) is 0.273. The fourth-order valence-electron chi connectivity index (χ4n) is 3.13. The highest BCUT2D eigenvalue weighted by molar-refractivity contribution is 5.70. The van der Waals surface area contributed by atoms with E-state index in [9.17, 15) is 10.1 Å². The molecular formula is C22H25N5O3. The molecule has 0 atom stereocenters. The highest BCUT2D eigenvalue weighted by atomic mass is 16.6. The molecule has 0 amide bonds. The predicted octanol–water partition coefficient (Wildman–Crippen LogP) is 4.04. The van der Waals surface area contributed by atoms with Crippen molar-refractivity contribution in [3.8, 4) is 0 Å². The maximum Gasteiger partial charge on any atom is 0.353 e. The monoisotopic (exact) mass is 407 g/mol. The number of anilines is 2. The first-order valence-electron chi connectivity index (χ1n) is 9.74. The van der Waals surface area contributed by atoms with E-state index >= 15 is 0 Å². The second-order valence-corrected chi connectivity index (χ2v) is 6.75. The zero-order valence-corrected chi connectivity index (χ0v) is 16.9. The van der Waals surface area contributed by atoms with Gasteiger partial charge in [0.25, 0.3) is 0 Å². The summed E-state index contributed by atoms with van der Waals surface area (Å²) < 4.78 is 5.04. The van der Waals surface area contributed by atoms with Crippen molar-refractivity contribution < 1.29 is 9.66 Å². The molecule has 1 aromatic heterocycles. The van der Waals surface area contributed by atoms with Crippen molar-refractivity contribution in [3.05, 3.63) is 88.2 Å². The summed E-state index contributed by atoms with van der Waals surface area (Å²) in [6, 6.07) is 19.7. The van der Waals surface area contributed by atoms with Crippen LogP contribution in [0.4, 0.5) is 17.3 Å². The summed E-state index contributed by atoms with van der Waals surface area (Å²) >= 11 is 0. The number of benzene rings is 2. The Labute approximate surface area is 175 Å². The molecule has 0 bridgehead atoms. The number of hydrogen-bond donors (Lipinski definition) is 1. The number of rotatable bonds is 11. The van der Waals surface area contributed by atoms with Gasteiger partial charge in [-0.05, 0) is 17.5 Å². The zero-order chi connectivity index (χ0) is 21.2. The Morgan fingerprint density at radius 1 is 1.00 bits per heavy atom. The van der Waals surface area contributed by atoms with Crippen LogP contribution in [0.1, 0.15) is 17.5 Å². The Morgan fingerprint density at radius 3 is 2.13 bits per heavy atom. The third-order valence-electron chi connectivity index (χ3n) is 4.54. The number of aromatic nitrogens is 2. The molecule has 8 nitrogen and oxygen atoms in total. The quantitative estimate of drug-likeness (QED) is 0.291. The zero-order valence-electron chi connectivity index (χ0n) is 16.9. The molecule has 30 heavy (non-hydrogen) atoms. The van der Waals surface area contributed by atoms with Crippen LogP contribution in [0.5, 0.6) is 0 Å². The second kappa shape index (κ2) is 10.9. The highest BCUT2D eigenvalue weighted by Gasteiger charge is 2.27. The summed E-state index contributed by atoms with van der Waals surface area (Å²) in [6.45, 7) is 2.04. The Hall–Kier alpha value is -3.52. The molecule has 0 aliphatic carbocycles. The van der Waals surface area contributed by atoms with E-state index < -0.39 is 4.92 Å². The van der Waals surface area contributed by atoms with E-state index in [0.29, 0.717) is 32.7 Å². The van der Waals surface area contributed by atoms with E-state index in [2.05, 4.69) is 15.3 Å². The van der Waals surface area contributed by atoms with Crippen molar-refractivity contribution in [1.29, 1.82) is 0 Å². The minimum atomic E-state index is -0.420. The van der Waals surface area contributed by atoms with Gasteiger partial charge in [-0.2, -0.15) is 0 Å². The highest BCUT2D eigenvalue weighted by Crippen LogP contribution is 2.33. The number of hydrogen-bond acceptors (Lipinski definition) is 7. The molecule has 0 spiro atoms. The molecule has 8 heteroatoms. The Bertz CT molecular complexity index is 897. The number of methoxy groups -OCH3 is 1. The minimum absolute atomic E-state index is 0.123. The minimum Gasteiger partial charge on any atom is -0.385 e. The molecule has 0 unspecified atom stereocenters. The maximum absolute atomic E-state index is 12.0. The Morgan fingerprint density at radius 2 is 1.60 bits per heavy atom. The van der Waals surface area contributed by atoms with Gasteiger partial charge in [0.2, 0.25) is 11.6 Å². The van der Waals surface area contributed by atoms with Gasteiger partial charge in [0, 0.05) is 33.4 Å². The summed E-state index contributed by atoms with van der Waals surface area (Å²) in [6.07, 6.45) is 2.08. The van der Waals surface area contributed by atoms with Gasteiger partial charge < -0.3 is 15.0 Å². The van der Waals surface area contributed by atoms with E-state index in [1.54, 1.807) is 7.11 Å². The SMILES string of the molecule is COCCCNc1ncnc(N(Cc2ccccc2)Cc2ccccc2)c1[N+](=O)[O-]. The van der Waals surface area contributed by atoms with Gasteiger partial charge >= 0.3 is 5.69 Å². The lowest BCUT2D eigenvalue weighted by atomic mass is 10.1. The van der Waals surface area contributed by atoms with Crippen LogP contribution < -0.4 is 10.2 Å². The van der Waals surface area contributed by atoms with Crippen LogP contribution in [0, 0.1) is 10.1 Å². The van der Waals surface area contributed by atoms with E-state index in [4.69, 9.17) is 4.74 Å². The van der Waals surface area contributed by atoms with Crippen LogP contribution in [-0.4, -0.2) is 35.2 Å². The van der Waals surface area contributed by atoms with Crippen molar-refractivity contribution in [2.24, 2.45) is 0 Å². The molecule has 0 saturated heterocycles. The van der Waals surface area contributed by atoms with E-state index in [-0.39, 0.29) is 17.3 Å². The van der Waals surface area contributed by atoms with Gasteiger partial charge in [0.1, 0.15) is 6.33 Å². The van der Waals surface area contributed by atoms with Crippen molar-refractivity contribution in [2.75, 3.05) is 30.5 Å². The van der Waals surface area contributed by atoms with Crippen LogP contribution in [0.15, 0.2) is 67.0 Å². The van der Waals surface area contributed by atoms with Gasteiger partial charge in [-0.3, -0.25) is 10.1 Å². The normalized spacial score (nSPS) is 10.6. The summed E-state index contributed by atoms with van der Waals surface area (Å²) in [5.74, 6) is 0.504. The number of nitro groups is 1. The largest absolute Gasteiger partial charge is 0.385 e. The summed E-state index contributed by atoms with van der Waals surface area (Å²) in [7, 11) is 1.62. The van der Waals surface area contributed by atoms with Crippen molar-refractivity contribution in [1.82, 2.24) is 9.97 Å². The predicted molar refractivity (Wildman–Crippen MR) is 116 cm³/mol. The summed E-state index contributed by atoms with van der Waals surface area (Å²) in [5, 5.41) is 15.0. The molecule has 156 valence electrons. The van der Waals surface area contributed by atoms with Crippen LogP contribution in [0.25, 0.3) is 0 Å². The Kier molecular flexibility index (Phi) is 7.68. The molecule has 3 aromatic rings. The molecule has 1 heterocycles. The lowest BCUT2D eigenvalue weighted by Gasteiger charge is -2.24. The lowest BCUT2D eigenvalue weighted by Crippen LogP contribution is -2.25. The average molecular weight is 407 g/mol. The average Bonchev–Trinajstić information content (AvgIpc) is 2.77. The van der Waals surface area contributed by atoms with Crippen LogP contribution in [0.3, 0.4) is 0 Å². The molecule has 0 aliphatic heterocycles. The van der Waals surface area contributed by atoms with E-state index in [1.165, 1.54) is 6.33 Å². The standard InChI is InChI=1S/C22H25N5O3/c1-30-14-8-13-23-21-20(27(28)29)22(25-17-24-21)26(15-18-9-4-2-5-10-18)16-19-11-6-3-7-12-19/h2-7,9-12,17H,8,13-16H2,1H3,(H,23,24,25). The van der Waals surface area contributed by atoms with Gasteiger partial charge in [0.05, 0.1) is 4.92 Å². The molecule has 3 rings (SSSR count). The molecule has 2 aromatic carbocycles. The second-order valence-electron chi connectivity index (χ2n) is 6.75. The van der Waals surface area contributed by atoms with Crippen LogP contribution >= 0.6 is 0 Å². The smallest absolute Gasteiger partial charge is 0.353 e. The third-order valence-corrected chi connectivity index (χ3v) is 4.54. The summed E-state index contributed by atoms with van der Waals surface area (Å²) in [5.41, 5.74) is 1.95. The van der Waals surface area contributed by atoms with Crippen LogP contribution in [0.2, 0.25) is 0 Å². The number of nitrogens with zero attached hydrogens (tertiary/aromatic N) is 4. The van der Waals surface area contributed by atoms with Crippen molar-refractivity contribution >= 4 is 17.3 Å². The Balaban J connectivity index is 1.95.